The summed E-state index contributed by atoms with van der Waals surface area (Å²) in [4.78, 5) is 0. The molecule has 0 radical (unpaired) electrons. The molecule has 0 saturated carbocycles. The highest BCUT2D eigenvalue weighted by molar-refractivity contribution is 5.92. The van der Waals surface area contributed by atoms with Crippen LogP contribution in [0.5, 0.6) is 5.75 Å². The molecule has 0 spiro atoms. The lowest BCUT2D eigenvalue weighted by Crippen LogP contribution is -2.34. The van der Waals surface area contributed by atoms with E-state index in [0.717, 1.165) is 18.6 Å². The van der Waals surface area contributed by atoms with E-state index in [0.29, 0.717) is 0 Å². The van der Waals surface area contributed by atoms with Gasteiger partial charge in [0.05, 0.1) is 0 Å². The second-order valence-corrected chi connectivity index (χ2v) is 4.91. The van der Waals surface area contributed by atoms with Crippen LogP contribution in [-0.2, 0) is 0 Å². The maximum atomic E-state index is 6.34. The van der Waals surface area contributed by atoms with Crippen LogP contribution in [0, 0.1) is 0 Å². The smallest absolute Gasteiger partial charge is 0.135 e. The average Bonchev–Trinajstić information content (AvgIpc) is 2.46. The third-order valence-corrected chi connectivity index (χ3v) is 3.98. The normalized spacial score (nSPS) is 16.3. The summed E-state index contributed by atoms with van der Waals surface area (Å²) in [6, 6.07) is 12.7. The van der Waals surface area contributed by atoms with E-state index in [4.69, 9.17) is 4.74 Å². The number of ether oxygens (including phenoxy) is 1. The van der Waals surface area contributed by atoms with Gasteiger partial charge in [0.25, 0.3) is 0 Å². The number of rotatable bonds is 2. The van der Waals surface area contributed by atoms with Gasteiger partial charge in [0.15, 0.2) is 0 Å². The Morgan fingerprint density at radius 3 is 2.56 bits per heavy atom. The Bertz CT molecular complexity index is 606. The lowest BCUT2D eigenvalue weighted by molar-refractivity contribution is 0.110. The molecule has 0 saturated heterocycles. The van der Waals surface area contributed by atoms with E-state index in [1.807, 2.05) is 0 Å². The number of benzene rings is 2. The van der Waals surface area contributed by atoms with E-state index < -0.39 is 0 Å². The first kappa shape index (κ1) is 11.3. The first-order chi connectivity index (χ1) is 8.78. The molecule has 0 aliphatic carbocycles. The van der Waals surface area contributed by atoms with Gasteiger partial charge in [0, 0.05) is 10.9 Å². The van der Waals surface area contributed by atoms with Crippen LogP contribution in [0.25, 0.3) is 16.8 Å². The van der Waals surface area contributed by atoms with Gasteiger partial charge in [-0.15, -0.1) is 0 Å². The van der Waals surface area contributed by atoms with Crippen LogP contribution < -0.4 is 4.74 Å². The standard InChI is InChI=1S/C17H18O/c1-3-17(4-2)12-11-14-10-9-13-7-5-6-8-15(13)16(14)18-17/h5-12H,3-4H2,1-2H3. The predicted octanol–water partition coefficient (Wildman–Crippen LogP) is 4.80. The Balaban J connectivity index is 2.21. The Morgan fingerprint density at radius 1 is 1.00 bits per heavy atom. The molecular formula is C17H18O. The first-order valence-electron chi connectivity index (χ1n) is 6.68. The van der Waals surface area contributed by atoms with Crippen molar-refractivity contribution in [3.8, 4) is 5.75 Å². The molecule has 1 heterocycles. The van der Waals surface area contributed by atoms with Gasteiger partial charge in [-0.2, -0.15) is 0 Å². The molecule has 2 aromatic carbocycles. The molecular weight excluding hydrogens is 220 g/mol. The zero-order chi connectivity index (χ0) is 12.6. The van der Waals surface area contributed by atoms with Gasteiger partial charge >= 0.3 is 0 Å². The Kier molecular flexibility index (Phi) is 2.62. The van der Waals surface area contributed by atoms with Gasteiger partial charge in [-0.25, -0.2) is 0 Å². The van der Waals surface area contributed by atoms with Crippen molar-refractivity contribution in [3.63, 3.8) is 0 Å². The van der Waals surface area contributed by atoms with Crippen LogP contribution in [0.2, 0.25) is 0 Å². The molecule has 1 nitrogen and oxygen atoms in total. The highest BCUT2D eigenvalue weighted by Crippen LogP contribution is 2.39. The van der Waals surface area contributed by atoms with E-state index in [2.05, 4.69) is 62.4 Å². The summed E-state index contributed by atoms with van der Waals surface area (Å²) < 4.78 is 6.34. The van der Waals surface area contributed by atoms with Gasteiger partial charge in [0.1, 0.15) is 11.4 Å². The zero-order valence-corrected chi connectivity index (χ0v) is 10.9. The van der Waals surface area contributed by atoms with Crippen molar-refractivity contribution in [1.82, 2.24) is 0 Å². The Hall–Kier alpha value is -1.76. The fourth-order valence-corrected chi connectivity index (χ4v) is 2.61. The van der Waals surface area contributed by atoms with Crippen molar-refractivity contribution in [2.45, 2.75) is 32.3 Å². The maximum absolute atomic E-state index is 6.34. The number of hydrogen-bond acceptors (Lipinski definition) is 1. The van der Waals surface area contributed by atoms with Crippen LogP contribution in [0.1, 0.15) is 32.3 Å². The fourth-order valence-electron chi connectivity index (χ4n) is 2.61. The highest BCUT2D eigenvalue weighted by Gasteiger charge is 2.29. The van der Waals surface area contributed by atoms with Crippen LogP contribution in [-0.4, -0.2) is 5.60 Å². The largest absolute Gasteiger partial charge is 0.482 e. The fraction of sp³-hybridized carbons (Fsp3) is 0.294. The molecule has 1 heteroatoms. The topological polar surface area (TPSA) is 9.23 Å². The summed E-state index contributed by atoms with van der Waals surface area (Å²) in [5.74, 6) is 1.04. The van der Waals surface area contributed by atoms with Crippen molar-refractivity contribution in [3.05, 3.63) is 48.0 Å². The second kappa shape index (κ2) is 4.16. The summed E-state index contributed by atoms with van der Waals surface area (Å²) in [6.45, 7) is 4.37. The third kappa shape index (κ3) is 1.62. The van der Waals surface area contributed by atoms with Crippen molar-refractivity contribution in [2.75, 3.05) is 0 Å². The molecule has 0 N–H and O–H groups in total. The monoisotopic (exact) mass is 238 g/mol. The van der Waals surface area contributed by atoms with Crippen molar-refractivity contribution in [1.29, 1.82) is 0 Å². The van der Waals surface area contributed by atoms with E-state index in [1.54, 1.807) is 0 Å². The quantitative estimate of drug-likeness (QED) is 0.730. The number of fused-ring (bicyclic) bond motifs is 3. The van der Waals surface area contributed by atoms with Gasteiger partial charge in [-0.1, -0.05) is 56.3 Å². The van der Waals surface area contributed by atoms with Crippen LogP contribution in [0.4, 0.5) is 0 Å². The molecule has 2 aromatic rings. The molecule has 92 valence electrons. The second-order valence-electron chi connectivity index (χ2n) is 4.91. The van der Waals surface area contributed by atoms with E-state index in [9.17, 15) is 0 Å². The minimum Gasteiger partial charge on any atom is -0.482 e. The van der Waals surface area contributed by atoms with E-state index in [-0.39, 0.29) is 5.60 Å². The molecule has 0 amide bonds. The average molecular weight is 238 g/mol. The van der Waals surface area contributed by atoms with Gasteiger partial charge in [0.2, 0.25) is 0 Å². The molecule has 0 unspecified atom stereocenters. The molecule has 18 heavy (non-hydrogen) atoms. The zero-order valence-electron chi connectivity index (χ0n) is 10.9. The predicted molar refractivity (Wildman–Crippen MR) is 76.9 cm³/mol. The summed E-state index contributed by atoms with van der Waals surface area (Å²) in [7, 11) is 0. The molecule has 0 aromatic heterocycles. The Morgan fingerprint density at radius 2 is 1.78 bits per heavy atom. The molecule has 0 atom stereocenters. The van der Waals surface area contributed by atoms with Crippen LogP contribution in [0.15, 0.2) is 42.5 Å². The lowest BCUT2D eigenvalue weighted by Gasteiger charge is -2.34. The molecule has 1 aliphatic heterocycles. The molecule has 1 aliphatic rings. The summed E-state index contributed by atoms with van der Waals surface area (Å²) in [5.41, 5.74) is 1.06. The van der Waals surface area contributed by atoms with Crippen molar-refractivity contribution in [2.24, 2.45) is 0 Å². The van der Waals surface area contributed by atoms with E-state index in [1.165, 1.54) is 16.3 Å². The first-order valence-corrected chi connectivity index (χ1v) is 6.68. The van der Waals surface area contributed by atoms with Crippen molar-refractivity contribution < 1.29 is 4.74 Å². The lowest BCUT2D eigenvalue weighted by atomic mass is 9.92. The third-order valence-electron chi connectivity index (χ3n) is 3.98. The number of hydrogen-bond donors (Lipinski definition) is 0. The van der Waals surface area contributed by atoms with Gasteiger partial charge < -0.3 is 4.74 Å². The van der Waals surface area contributed by atoms with Crippen LogP contribution >= 0.6 is 0 Å². The Labute approximate surface area is 108 Å². The highest BCUT2D eigenvalue weighted by atomic mass is 16.5. The molecule has 0 fully saturated rings. The summed E-state index contributed by atoms with van der Waals surface area (Å²) in [6.07, 6.45) is 6.42. The van der Waals surface area contributed by atoms with Gasteiger partial charge in [-0.05, 0) is 24.3 Å². The minimum absolute atomic E-state index is 0.128. The summed E-state index contributed by atoms with van der Waals surface area (Å²) in [5, 5.41) is 2.46. The van der Waals surface area contributed by atoms with Crippen molar-refractivity contribution >= 4 is 16.8 Å². The van der Waals surface area contributed by atoms with Crippen LogP contribution in [0.3, 0.4) is 0 Å². The maximum Gasteiger partial charge on any atom is 0.135 e. The SMILES string of the molecule is CCC1(CC)C=Cc2ccc3ccccc3c2O1. The van der Waals surface area contributed by atoms with E-state index >= 15 is 0 Å². The minimum atomic E-state index is -0.128. The summed E-state index contributed by atoms with van der Waals surface area (Å²) >= 11 is 0. The molecule has 3 rings (SSSR count). The molecule has 0 bridgehead atoms. The van der Waals surface area contributed by atoms with Gasteiger partial charge in [-0.3, -0.25) is 0 Å².